The zero-order chi connectivity index (χ0) is 18.1. The van der Waals surface area contributed by atoms with Crippen molar-refractivity contribution >= 4 is 12.1 Å². The number of amides is 1. The summed E-state index contributed by atoms with van der Waals surface area (Å²) in [5, 5.41) is 8.80. The molecule has 0 saturated carbocycles. The lowest BCUT2D eigenvalue weighted by Crippen LogP contribution is -2.53. The second-order valence-corrected chi connectivity index (χ2v) is 6.60. The summed E-state index contributed by atoms with van der Waals surface area (Å²) in [6.07, 6.45) is -0.431. The number of rotatable bonds is 4. The maximum absolute atomic E-state index is 13.9. The molecule has 1 fully saturated rings. The zero-order valence-corrected chi connectivity index (χ0v) is 13.6. The van der Waals surface area contributed by atoms with E-state index >= 15 is 0 Å². The van der Waals surface area contributed by atoms with Gasteiger partial charge in [-0.2, -0.15) is 0 Å². The van der Waals surface area contributed by atoms with Gasteiger partial charge < -0.3 is 19.5 Å². The van der Waals surface area contributed by atoms with Crippen LogP contribution in [0.5, 0.6) is 5.75 Å². The quantitative estimate of drug-likeness (QED) is 0.910. The SMILES string of the molecule is CC(C)(C)OC(=O)N1CC(COc2ccc(F)c(C(=O)O)c2F)C1. The third kappa shape index (κ3) is 4.12. The Kier molecular flexibility index (Phi) is 4.96. The molecule has 24 heavy (non-hydrogen) atoms. The lowest BCUT2D eigenvalue weighted by molar-refractivity contribution is -0.00811. The molecule has 1 amide bonds. The average molecular weight is 343 g/mol. The number of ether oxygens (including phenoxy) is 2. The maximum Gasteiger partial charge on any atom is 0.410 e. The van der Waals surface area contributed by atoms with Gasteiger partial charge in [0.05, 0.1) is 6.61 Å². The van der Waals surface area contributed by atoms with Crippen LogP contribution in [0.15, 0.2) is 12.1 Å². The molecular formula is C16H19F2NO5. The number of aromatic carboxylic acids is 1. The van der Waals surface area contributed by atoms with Crippen molar-refractivity contribution in [3.05, 3.63) is 29.3 Å². The van der Waals surface area contributed by atoms with E-state index in [1.807, 2.05) is 0 Å². The second kappa shape index (κ2) is 6.62. The van der Waals surface area contributed by atoms with Crippen LogP contribution < -0.4 is 4.74 Å². The molecule has 1 aliphatic heterocycles. The Bertz CT molecular complexity index is 651. The molecule has 0 atom stereocenters. The van der Waals surface area contributed by atoms with E-state index in [1.54, 1.807) is 20.8 Å². The van der Waals surface area contributed by atoms with Gasteiger partial charge in [0.15, 0.2) is 11.6 Å². The summed E-state index contributed by atoms with van der Waals surface area (Å²) in [6, 6.07) is 1.89. The van der Waals surface area contributed by atoms with Gasteiger partial charge in [-0.15, -0.1) is 0 Å². The highest BCUT2D eigenvalue weighted by Crippen LogP contribution is 2.25. The molecule has 1 N–H and O–H groups in total. The number of nitrogens with zero attached hydrogens (tertiary/aromatic N) is 1. The predicted molar refractivity (Wildman–Crippen MR) is 80.1 cm³/mol. The highest BCUT2D eigenvalue weighted by molar-refractivity contribution is 5.88. The predicted octanol–water partition coefficient (Wildman–Crippen LogP) is 2.91. The van der Waals surface area contributed by atoms with Gasteiger partial charge in [-0.25, -0.2) is 18.4 Å². The van der Waals surface area contributed by atoms with Crippen LogP contribution in [-0.4, -0.2) is 47.4 Å². The molecule has 1 aliphatic rings. The lowest BCUT2D eigenvalue weighted by Gasteiger charge is -2.39. The Hall–Kier alpha value is -2.38. The monoisotopic (exact) mass is 343 g/mol. The fourth-order valence-electron chi connectivity index (χ4n) is 2.20. The van der Waals surface area contributed by atoms with E-state index in [0.29, 0.717) is 13.1 Å². The largest absolute Gasteiger partial charge is 0.490 e. The lowest BCUT2D eigenvalue weighted by atomic mass is 10.0. The molecule has 1 saturated heterocycles. The minimum Gasteiger partial charge on any atom is -0.490 e. The van der Waals surface area contributed by atoms with Crippen LogP contribution in [0.2, 0.25) is 0 Å². The molecule has 1 aromatic rings. The average Bonchev–Trinajstić information content (AvgIpc) is 2.36. The summed E-state index contributed by atoms with van der Waals surface area (Å²) in [7, 11) is 0. The van der Waals surface area contributed by atoms with Gasteiger partial charge in [0, 0.05) is 19.0 Å². The number of carbonyl (C=O) groups is 2. The number of carboxylic acids is 1. The first-order valence-corrected chi connectivity index (χ1v) is 7.40. The Balaban J connectivity index is 1.88. The standard InChI is InChI=1S/C16H19F2NO5/c1-16(2,3)24-15(22)19-6-9(7-19)8-23-11-5-4-10(17)12(13(11)18)14(20)21/h4-5,9H,6-8H2,1-3H3,(H,20,21). The van der Waals surface area contributed by atoms with Crippen LogP contribution in [0, 0.1) is 17.6 Å². The van der Waals surface area contributed by atoms with Gasteiger partial charge in [0.1, 0.15) is 17.0 Å². The molecule has 0 bridgehead atoms. The summed E-state index contributed by atoms with van der Waals surface area (Å²) in [6.45, 7) is 6.17. The van der Waals surface area contributed by atoms with Crippen molar-refractivity contribution in [2.24, 2.45) is 5.92 Å². The van der Waals surface area contributed by atoms with E-state index in [9.17, 15) is 18.4 Å². The van der Waals surface area contributed by atoms with E-state index in [1.165, 1.54) is 4.90 Å². The van der Waals surface area contributed by atoms with Gasteiger partial charge in [-0.1, -0.05) is 0 Å². The number of likely N-dealkylation sites (tertiary alicyclic amines) is 1. The van der Waals surface area contributed by atoms with E-state index in [2.05, 4.69) is 0 Å². The highest BCUT2D eigenvalue weighted by atomic mass is 19.1. The molecule has 6 nitrogen and oxygen atoms in total. The topological polar surface area (TPSA) is 76.1 Å². The smallest absolute Gasteiger partial charge is 0.410 e. The molecular weight excluding hydrogens is 324 g/mol. The fourth-order valence-corrected chi connectivity index (χ4v) is 2.20. The summed E-state index contributed by atoms with van der Waals surface area (Å²) >= 11 is 0. The van der Waals surface area contributed by atoms with Crippen molar-refractivity contribution in [1.29, 1.82) is 0 Å². The fraction of sp³-hybridized carbons (Fsp3) is 0.500. The van der Waals surface area contributed by atoms with Crippen molar-refractivity contribution in [3.8, 4) is 5.75 Å². The Morgan fingerprint density at radius 3 is 2.46 bits per heavy atom. The zero-order valence-electron chi connectivity index (χ0n) is 13.6. The minimum atomic E-state index is -1.70. The van der Waals surface area contributed by atoms with Crippen LogP contribution in [0.25, 0.3) is 0 Å². The minimum absolute atomic E-state index is 0.0322. The molecule has 132 valence electrons. The van der Waals surface area contributed by atoms with Gasteiger partial charge in [-0.3, -0.25) is 0 Å². The third-order valence-electron chi connectivity index (χ3n) is 3.35. The first kappa shape index (κ1) is 18.0. The van der Waals surface area contributed by atoms with Crippen LogP contribution in [0.4, 0.5) is 13.6 Å². The first-order valence-electron chi connectivity index (χ1n) is 7.40. The van der Waals surface area contributed by atoms with Crippen molar-refractivity contribution < 1.29 is 33.0 Å². The van der Waals surface area contributed by atoms with Crippen LogP contribution in [0.1, 0.15) is 31.1 Å². The van der Waals surface area contributed by atoms with E-state index in [4.69, 9.17) is 14.6 Å². The summed E-state index contributed by atoms with van der Waals surface area (Å²) in [5.41, 5.74) is -1.63. The molecule has 0 radical (unpaired) electrons. The summed E-state index contributed by atoms with van der Waals surface area (Å²) < 4.78 is 37.7. The molecule has 0 spiro atoms. The summed E-state index contributed by atoms with van der Waals surface area (Å²) in [4.78, 5) is 24.1. The number of carboxylic acid groups (broad SMARTS) is 1. The maximum atomic E-state index is 13.9. The first-order chi connectivity index (χ1) is 11.1. The Morgan fingerprint density at radius 1 is 1.29 bits per heavy atom. The van der Waals surface area contributed by atoms with Crippen LogP contribution in [-0.2, 0) is 4.74 Å². The molecule has 0 aliphatic carbocycles. The van der Waals surface area contributed by atoms with Crippen molar-refractivity contribution in [3.63, 3.8) is 0 Å². The van der Waals surface area contributed by atoms with Gasteiger partial charge in [0.2, 0.25) is 0 Å². The molecule has 2 rings (SSSR count). The molecule has 1 aromatic carbocycles. The van der Waals surface area contributed by atoms with Crippen LogP contribution >= 0.6 is 0 Å². The second-order valence-electron chi connectivity index (χ2n) is 6.60. The van der Waals surface area contributed by atoms with Gasteiger partial charge in [-0.05, 0) is 32.9 Å². The van der Waals surface area contributed by atoms with Gasteiger partial charge >= 0.3 is 12.1 Å². The molecule has 0 aromatic heterocycles. The van der Waals surface area contributed by atoms with E-state index < -0.39 is 34.9 Å². The number of hydrogen-bond donors (Lipinski definition) is 1. The number of benzene rings is 1. The molecule has 1 heterocycles. The van der Waals surface area contributed by atoms with Crippen molar-refractivity contribution in [2.75, 3.05) is 19.7 Å². The van der Waals surface area contributed by atoms with Crippen LogP contribution in [0.3, 0.4) is 0 Å². The Labute approximate surface area is 138 Å². The molecule has 8 heteroatoms. The summed E-state index contributed by atoms with van der Waals surface area (Å²) in [5.74, 6) is -4.46. The molecule has 0 unspecified atom stereocenters. The highest BCUT2D eigenvalue weighted by Gasteiger charge is 2.34. The number of carbonyl (C=O) groups excluding carboxylic acids is 1. The third-order valence-corrected chi connectivity index (χ3v) is 3.35. The van der Waals surface area contributed by atoms with E-state index in [-0.39, 0.29) is 18.3 Å². The number of halogens is 2. The van der Waals surface area contributed by atoms with Crippen molar-refractivity contribution in [2.45, 2.75) is 26.4 Å². The van der Waals surface area contributed by atoms with E-state index in [0.717, 1.165) is 12.1 Å². The normalized spacial score (nSPS) is 15.0. The number of hydrogen-bond acceptors (Lipinski definition) is 4. The Morgan fingerprint density at radius 2 is 1.92 bits per heavy atom. The van der Waals surface area contributed by atoms with Gasteiger partial charge in [0.25, 0.3) is 0 Å². The van der Waals surface area contributed by atoms with Crippen molar-refractivity contribution in [1.82, 2.24) is 4.90 Å².